The quantitative estimate of drug-likeness (QED) is 0.790. The van der Waals surface area contributed by atoms with Gasteiger partial charge in [0.1, 0.15) is 0 Å². The van der Waals surface area contributed by atoms with Crippen LogP contribution in [0.3, 0.4) is 0 Å². The maximum atomic E-state index is 12.4. The van der Waals surface area contributed by atoms with Crippen molar-refractivity contribution < 1.29 is 9.32 Å². The summed E-state index contributed by atoms with van der Waals surface area (Å²) < 4.78 is 5.40. The molecule has 0 aliphatic carbocycles. The number of amides is 1. The van der Waals surface area contributed by atoms with Crippen molar-refractivity contribution in [2.75, 3.05) is 19.6 Å². The molecule has 1 amide bonds. The standard InChI is InChI=1S/C21H29N5O2/c1-16(2)20-23-18(28-24-20)14-25-11-8-21(9-12-25)7-6-19(27)26(15-21)13-17-5-3-4-10-22-17/h3-5,10,16H,6-9,11-15H2,1-2H3. The van der Waals surface area contributed by atoms with Gasteiger partial charge in [-0.25, -0.2) is 0 Å². The molecule has 7 nitrogen and oxygen atoms in total. The molecule has 2 aromatic rings. The van der Waals surface area contributed by atoms with Crippen molar-refractivity contribution in [2.24, 2.45) is 5.41 Å². The third kappa shape index (κ3) is 4.24. The normalized spacial score (nSPS) is 20.2. The van der Waals surface area contributed by atoms with Crippen molar-refractivity contribution in [1.82, 2.24) is 24.9 Å². The first kappa shape index (κ1) is 19.1. The monoisotopic (exact) mass is 383 g/mol. The number of carbonyl (C=O) groups excluding carboxylic acids is 1. The maximum Gasteiger partial charge on any atom is 0.240 e. The average Bonchev–Trinajstić information content (AvgIpc) is 3.17. The van der Waals surface area contributed by atoms with E-state index in [0.717, 1.165) is 50.4 Å². The molecular formula is C21H29N5O2. The van der Waals surface area contributed by atoms with Crippen molar-refractivity contribution in [3.05, 3.63) is 41.8 Å². The number of pyridine rings is 1. The molecule has 0 atom stereocenters. The number of carbonyl (C=O) groups is 1. The lowest BCUT2D eigenvalue weighted by molar-refractivity contribution is -0.140. The first-order chi connectivity index (χ1) is 13.5. The van der Waals surface area contributed by atoms with Crippen LogP contribution in [0.5, 0.6) is 0 Å². The lowest BCUT2D eigenvalue weighted by Gasteiger charge is -2.47. The predicted molar refractivity (Wildman–Crippen MR) is 104 cm³/mol. The summed E-state index contributed by atoms with van der Waals surface area (Å²) in [7, 11) is 0. The highest BCUT2D eigenvalue weighted by Crippen LogP contribution is 2.40. The van der Waals surface area contributed by atoms with Crippen LogP contribution < -0.4 is 0 Å². The molecule has 4 rings (SSSR count). The minimum atomic E-state index is 0.233. The fourth-order valence-corrected chi connectivity index (χ4v) is 4.29. The van der Waals surface area contributed by atoms with Gasteiger partial charge < -0.3 is 9.42 Å². The lowest BCUT2D eigenvalue weighted by atomic mass is 9.72. The van der Waals surface area contributed by atoms with E-state index in [2.05, 4.69) is 33.9 Å². The van der Waals surface area contributed by atoms with Crippen LogP contribution in [-0.2, 0) is 17.9 Å². The van der Waals surface area contributed by atoms with E-state index in [9.17, 15) is 4.79 Å². The average molecular weight is 383 g/mol. The van der Waals surface area contributed by atoms with E-state index in [1.54, 1.807) is 6.20 Å². The molecule has 0 aromatic carbocycles. The molecule has 7 heteroatoms. The van der Waals surface area contributed by atoms with Crippen LogP contribution in [0.2, 0.25) is 0 Å². The summed E-state index contributed by atoms with van der Waals surface area (Å²) in [5.74, 6) is 2.02. The van der Waals surface area contributed by atoms with E-state index < -0.39 is 0 Å². The summed E-state index contributed by atoms with van der Waals surface area (Å²) in [6, 6.07) is 5.88. The van der Waals surface area contributed by atoms with E-state index in [1.165, 1.54) is 0 Å². The van der Waals surface area contributed by atoms with Crippen LogP contribution in [0, 0.1) is 5.41 Å². The second-order valence-corrected chi connectivity index (χ2v) is 8.55. The third-order valence-corrected chi connectivity index (χ3v) is 6.10. The number of aromatic nitrogens is 3. The topological polar surface area (TPSA) is 75.4 Å². The molecule has 2 saturated heterocycles. The summed E-state index contributed by atoms with van der Waals surface area (Å²) in [5, 5.41) is 4.06. The lowest BCUT2D eigenvalue weighted by Crippen LogP contribution is -2.51. The van der Waals surface area contributed by atoms with Crippen LogP contribution in [0.25, 0.3) is 0 Å². The van der Waals surface area contributed by atoms with Gasteiger partial charge in [-0.15, -0.1) is 0 Å². The molecule has 2 fully saturated rings. The van der Waals surface area contributed by atoms with Gasteiger partial charge in [-0.2, -0.15) is 4.98 Å². The zero-order valence-corrected chi connectivity index (χ0v) is 16.8. The molecule has 0 radical (unpaired) electrons. The Morgan fingerprint density at radius 2 is 2.00 bits per heavy atom. The molecule has 1 spiro atoms. The highest BCUT2D eigenvalue weighted by Gasteiger charge is 2.41. The molecule has 2 aromatic heterocycles. The molecule has 0 unspecified atom stereocenters. The molecule has 150 valence electrons. The number of piperidine rings is 2. The zero-order valence-electron chi connectivity index (χ0n) is 16.8. The highest BCUT2D eigenvalue weighted by molar-refractivity contribution is 5.77. The Hall–Kier alpha value is -2.28. The van der Waals surface area contributed by atoms with Gasteiger partial charge in [-0.3, -0.25) is 14.7 Å². The number of hydrogen-bond acceptors (Lipinski definition) is 6. The summed E-state index contributed by atoms with van der Waals surface area (Å²) in [6.07, 6.45) is 5.64. The number of rotatable bonds is 5. The van der Waals surface area contributed by atoms with Crippen LogP contribution >= 0.6 is 0 Å². The number of likely N-dealkylation sites (tertiary alicyclic amines) is 2. The maximum absolute atomic E-state index is 12.4. The van der Waals surface area contributed by atoms with Crippen molar-refractivity contribution in [3.8, 4) is 0 Å². The van der Waals surface area contributed by atoms with E-state index in [0.29, 0.717) is 25.4 Å². The zero-order chi connectivity index (χ0) is 19.6. The Labute approximate surface area is 166 Å². The first-order valence-electron chi connectivity index (χ1n) is 10.3. The molecular weight excluding hydrogens is 354 g/mol. The van der Waals surface area contributed by atoms with Crippen LogP contribution in [0.1, 0.15) is 62.9 Å². The summed E-state index contributed by atoms with van der Waals surface area (Å²) in [5.41, 5.74) is 1.19. The Morgan fingerprint density at radius 3 is 2.68 bits per heavy atom. The number of nitrogens with zero attached hydrogens (tertiary/aromatic N) is 5. The molecule has 28 heavy (non-hydrogen) atoms. The number of hydrogen-bond donors (Lipinski definition) is 0. The minimum Gasteiger partial charge on any atom is -0.338 e. The Morgan fingerprint density at radius 1 is 1.18 bits per heavy atom. The Kier molecular flexibility index (Phi) is 5.44. The Bertz CT molecular complexity index is 796. The van der Waals surface area contributed by atoms with Gasteiger partial charge in [0, 0.05) is 25.1 Å². The fourth-order valence-electron chi connectivity index (χ4n) is 4.29. The molecule has 2 aliphatic rings. The summed E-state index contributed by atoms with van der Waals surface area (Å²) in [4.78, 5) is 25.7. The van der Waals surface area contributed by atoms with Crippen LogP contribution in [0.15, 0.2) is 28.9 Å². The van der Waals surface area contributed by atoms with E-state index >= 15 is 0 Å². The van der Waals surface area contributed by atoms with Crippen molar-refractivity contribution in [3.63, 3.8) is 0 Å². The van der Waals surface area contributed by atoms with Crippen molar-refractivity contribution in [1.29, 1.82) is 0 Å². The molecule has 0 N–H and O–H groups in total. The van der Waals surface area contributed by atoms with E-state index in [4.69, 9.17) is 4.52 Å². The predicted octanol–water partition coefficient (Wildman–Crippen LogP) is 2.99. The highest BCUT2D eigenvalue weighted by atomic mass is 16.5. The molecule has 4 heterocycles. The molecule has 2 aliphatic heterocycles. The Balaban J connectivity index is 1.34. The summed E-state index contributed by atoms with van der Waals surface area (Å²) in [6.45, 7) is 8.32. The second kappa shape index (κ2) is 7.99. The minimum absolute atomic E-state index is 0.233. The van der Waals surface area contributed by atoms with Gasteiger partial charge >= 0.3 is 0 Å². The SMILES string of the molecule is CC(C)c1noc(CN2CCC3(CCC(=O)N(Cc4ccccn4)C3)CC2)n1. The molecule has 0 saturated carbocycles. The van der Waals surface area contributed by atoms with E-state index in [-0.39, 0.29) is 17.2 Å². The first-order valence-corrected chi connectivity index (χ1v) is 10.3. The van der Waals surface area contributed by atoms with Crippen molar-refractivity contribution >= 4 is 5.91 Å². The van der Waals surface area contributed by atoms with Gasteiger partial charge in [0.15, 0.2) is 5.82 Å². The van der Waals surface area contributed by atoms with Gasteiger partial charge in [-0.05, 0) is 49.9 Å². The third-order valence-electron chi connectivity index (χ3n) is 6.10. The molecule has 0 bridgehead atoms. The summed E-state index contributed by atoms with van der Waals surface area (Å²) >= 11 is 0. The second-order valence-electron chi connectivity index (χ2n) is 8.55. The van der Waals surface area contributed by atoms with Gasteiger partial charge in [-0.1, -0.05) is 25.1 Å². The van der Waals surface area contributed by atoms with Gasteiger partial charge in [0.05, 0.1) is 18.8 Å². The van der Waals surface area contributed by atoms with Gasteiger partial charge in [0.25, 0.3) is 0 Å². The van der Waals surface area contributed by atoms with E-state index in [1.807, 2.05) is 23.1 Å². The van der Waals surface area contributed by atoms with Crippen molar-refractivity contribution in [2.45, 2.75) is 58.5 Å². The van der Waals surface area contributed by atoms with Crippen LogP contribution in [0.4, 0.5) is 0 Å². The fraction of sp³-hybridized carbons (Fsp3) is 0.619. The van der Waals surface area contributed by atoms with Crippen LogP contribution in [-0.4, -0.2) is 50.5 Å². The van der Waals surface area contributed by atoms with Gasteiger partial charge in [0.2, 0.25) is 11.8 Å². The smallest absolute Gasteiger partial charge is 0.240 e. The largest absolute Gasteiger partial charge is 0.338 e.